The van der Waals surface area contributed by atoms with Crippen molar-refractivity contribution in [2.24, 2.45) is 5.14 Å². The fourth-order valence-corrected chi connectivity index (χ4v) is 2.44. The molecule has 0 aliphatic heterocycles. The molecule has 2 aromatic carbocycles. The van der Waals surface area contributed by atoms with E-state index in [1.165, 1.54) is 30.3 Å². The summed E-state index contributed by atoms with van der Waals surface area (Å²) in [6, 6.07) is 8.04. The van der Waals surface area contributed by atoms with Crippen molar-refractivity contribution in [3.05, 3.63) is 46.7 Å². The van der Waals surface area contributed by atoms with Crippen LogP contribution in [0.3, 0.4) is 0 Å². The second kappa shape index (κ2) is 5.39. The quantitative estimate of drug-likeness (QED) is 0.822. The van der Waals surface area contributed by atoms with E-state index in [4.69, 9.17) is 15.6 Å². The Kier molecular flexibility index (Phi) is 3.98. The highest BCUT2D eigenvalue weighted by Crippen LogP contribution is 2.31. The molecule has 8 heteroatoms. The number of hydrogen-bond acceptors (Lipinski definition) is 4. The van der Waals surface area contributed by atoms with E-state index in [1.54, 1.807) is 0 Å². The summed E-state index contributed by atoms with van der Waals surface area (Å²) in [5.74, 6) is -0.418. The summed E-state index contributed by atoms with van der Waals surface area (Å²) in [6.45, 7) is 0. The van der Waals surface area contributed by atoms with Gasteiger partial charge in [-0.25, -0.2) is 17.9 Å². The van der Waals surface area contributed by atoms with Crippen LogP contribution in [0.15, 0.2) is 45.8 Å². The topological polar surface area (TPSA) is 95.4 Å². The highest BCUT2D eigenvalue weighted by molar-refractivity contribution is 9.10. The van der Waals surface area contributed by atoms with E-state index < -0.39 is 15.8 Å². The summed E-state index contributed by atoms with van der Waals surface area (Å²) >= 11 is 3.01. The van der Waals surface area contributed by atoms with Crippen LogP contribution in [0.5, 0.6) is 11.5 Å². The molecule has 106 valence electrons. The second-order valence-corrected chi connectivity index (χ2v) is 6.31. The van der Waals surface area contributed by atoms with Crippen LogP contribution in [0.2, 0.25) is 0 Å². The van der Waals surface area contributed by atoms with E-state index in [9.17, 15) is 12.8 Å². The van der Waals surface area contributed by atoms with Crippen LogP contribution < -0.4 is 15.6 Å². The molecular formula is C12H10BrFN2O3S. The molecule has 0 aromatic heterocycles. The molecule has 0 heterocycles. The van der Waals surface area contributed by atoms with Crippen LogP contribution in [-0.2, 0) is 10.0 Å². The van der Waals surface area contributed by atoms with Crippen LogP contribution in [0.25, 0.3) is 0 Å². The summed E-state index contributed by atoms with van der Waals surface area (Å²) in [6.07, 6.45) is 0. The predicted molar refractivity (Wildman–Crippen MR) is 76.4 cm³/mol. The lowest BCUT2D eigenvalue weighted by atomic mass is 10.3. The lowest BCUT2D eigenvalue weighted by Gasteiger charge is -2.11. The molecule has 20 heavy (non-hydrogen) atoms. The number of anilines is 1. The van der Waals surface area contributed by atoms with Crippen molar-refractivity contribution < 1.29 is 17.5 Å². The Bertz CT molecular complexity index is 765. The fraction of sp³-hybridized carbons (Fsp3) is 0. The summed E-state index contributed by atoms with van der Waals surface area (Å²) < 4.78 is 42.0. The van der Waals surface area contributed by atoms with Crippen LogP contribution in [0, 0.1) is 5.82 Å². The zero-order chi connectivity index (χ0) is 14.9. The van der Waals surface area contributed by atoms with Gasteiger partial charge in [0.05, 0.1) is 4.47 Å². The lowest BCUT2D eigenvalue weighted by Crippen LogP contribution is -2.13. The minimum absolute atomic E-state index is 0.0246. The first-order valence-corrected chi connectivity index (χ1v) is 7.66. The molecule has 0 amide bonds. The average Bonchev–Trinajstić information content (AvgIpc) is 2.35. The smallest absolute Gasteiger partial charge is 0.241 e. The number of benzene rings is 2. The normalized spacial score (nSPS) is 11.3. The Hall–Kier alpha value is -1.64. The number of halogens is 2. The average molecular weight is 361 g/mol. The highest BCUT2D eigenvalue weighted by atomic mass is 79.9. The molecule has 0 aliphatic rings. The zero-order valence-corrected chi connectivity index (χ0v) is 12.4. The van der Waals surface area contributed by atoms with Gasteiger partial charge in [-0.3, -0.25) is 0 Å². The predicted octanol–water partition coefficient (Wildman–Crippen LogP) is 2.61. The van der Waals surface area contributed by atoms with E-state index >= 15 is 0 Å². The van der Waals surface area contributed by atoms with Gasteiger partial charge >= 0.3 is 0 Å². The van der Waals surface area contributed by atoms with Gasteiger partial charge < -0.3 is 10.5 Å². The van der Waals surface area contributed by atoms with Gasteiger partial charge in [-0.15, -0.1) is 0 Å². The van der Waals surface area contributed by atoms with E-state index in [2.05, 4.69) is 15.9 Å². The Morgan fingerprint density at radius 1 is 1.15 bits per heavy atom. The Labute approximate surface area is 123 Å². The largest absolute Gasteiger partial charge is 0.456 e. The minimum Gasteiger partial charge on any atom is -0.456 e. The van der Waals surface area contributed by atoms with E-state index in [1.807, 2.05) is 0 Å². The molecule has 0 saturated heterocycles. The van der Waals surface area contributed by atoms with E-state index in [-0.39, 0.29) is 26.6 Å². The summed E-state index contributed by atoms with van der Waals surface area (Å²) in [5, 5.41) is 5.09. The lowest BCUT2D eigenvalue weighted by molar-refractivity contribution is 0.462. The van der Waals surface area contributed by atoms with Crippen molar-refractivity contribution in [2.75, 3.05) is 5.73 Å². The monoisotopic (exact) mass is 360 g/mol. The van der Waals surface area contributed by atoms with Gasteiger partial charge in [0.2, 0.25) is 10.0 Å². The van der Waals surface area contributed by atoms with Gasteiger partial charge in [0.15, 0.2) is 0 Å². The first-order chi connectivity index (χ1) is 9.27. The van der Waals surface area contributed by atoms with Gasteiger partial charge in [-0.2, -0.15) is 0 Å². The zero-order valence-electron chi connectivity index (χ0n) is 10.0. The maximum absolute atomic E-state index is 13.4. The first-order valence-electron chi connectivity index (χ1n) is 5.32. The third-order valence-corrected chi connectivity index (χ3v) is 3.97. The molecule has 4 N–H and O–H groups in total. The van der Waals surface area contributed by atoms with E-state index in [0.717, 1.165) is 6.07 Å². The maximum Gasteiger partial charge on any atom is 0.241 e. The van der Waals surface area contributed by atoms with Crippen LogP contribution in [-0.4, -0.2) is 8.42 Å². The molecule has 0 atom stereocenters. The molecule has 0 fully saturated rings. The number of sulfonamides is 1. The van der Waals surface area contributed by atoms with Crippen molar-refractivity contribution in [2.45, 2.75) is 4.90 Å². The Balaban J connectivity index is 2.46. The molecule has 0 aliphatic carbocycles. The van der Waals surface area contributed by atoms with Gasteiger partial charge in [0.25, 0.3) is 0 Å². The van der Waals surface area contributed by atoms with Crippen molar-refractivity contribution in [3.63, 3.8) is 0 Å². The van der Waals surface area contributed by atoms with Gasteiger partial charge in [-0.1, -0.05) is 0 Å². The third kappa shape index (κ3) is 3.27. The molecule has 5 nitrogen and oxygen atoms in total. The third-order valence-electron chi connectivity index (χ3n) is 2.39. The Morgan fingerprint density at radius 3 is 2.45 bits per heavy atom. The molecule has 2 aromatic rings. The molecule has 2 rings (SSSR count). The molecule has 0 unspecified atom stereocenters. The number of primary sulfonamides is 1. The highest BCUT2D eigenvalue weighted by Gasteiger charge is 2.16. The number of rotatable bonds is 3. The van der Waals surface area contributed by atoms with E-state index in [0.29, 0.717) is 0 Å². The maximum atomic E-state index is 13.4. The van der Waals surface area contributed by atoms with Crippen LogP contribution in [0.4, 0.5) is 10.1 Å². The van der Waals surface area contributed by atoms with Gasteiger partial charge in [0.1, 0.15) is 22.2 Å². The van der Waals surface area contributed by atoms with Gasteiger partial charge in [0, 0.05) is 11.8 Å². The van der Waals surface area contributed by atoms with Crippen LogP contribution >= 0.6 is 15.9 Å². The fourth-order valence-electron chi connectivity index (χ4n) is 1.50. The summed E-state index contributed by atoms with van der Waals surface area (Å²) in [5.41, 5.74) is 5.75. The minimum atomic E-state index is -4.00. The molecule has 0 radical (unpaired) electrons. The number of ether oxygens (including phenoxy) is 1. The molecular weight excluding hydrogens is 351 g/mol. The molecule has 0 saturated carbocycles. The number of hydrogen-bond donors (Lipinski definition) is 2. The first kappa shape index (κ1) is 14.8. The van der Waals surface area contributed by atoms with Crippen molar-refractivity contribution in [1.82, 2.24) is 0 Å². The standard InChI is InChI=1S/C12H10BrFN2O3S/c13-9-3-2-8(6-10(9)14)19-11-4-1-7(15)5-12(11)20(16,17)18/h1-6H,15H2,(H2,16,17,18). The second-order valence-electron chi connectivity index (χ2n) is 3.93. The Morgan fingerprint density at radius 2 is 1.85 bits per heavy atom. The summed E-state index contributed by atoms with van der Waals surface area (Å²) in [4.78, 5) is -0.263. The summed E-state index contributed by atoms with van der Waals surface area (Å²) in [7, 11) is -4.00. The molecule has 0 spiro atoms. The van der Waals surface area contributed by atoms with Gasteiger partial charge in [-0.05, 0) is 46.3 Å². The number of nitrogens with two attached hydrogens (primary N) is 2. The van der Waals surface area contributed by atoms with Crippen LogP contribution in [0.1, 0.15) is 0 Å². The van der Waals surface area contributed by atoms with Crippen molar-refractivity contribution in [3.8, 4) is 11.5 Å². The van der Waals surface area contributed by atoms with Crippen molar-refractivity contribution in [1.29, 1.82) is 0 Å². The number of nitrogen functional groups attached to an aromatic ring is 1. The molecule has 0 bridgehead atoms. The van der Waals surface area contributed by atoms with Crippen molar-refractivity contribution >= 4 is 31.6 Å². The SMILES string of the molecule is Nc1ccc(Oc2ccc(Br)c(F)c2)c(S(N)(=O)=O)c1.